The van der Waals surface area contributed by atoms with Crippen molar-refractivity contribution in [3.05, 3.63) is 45.9 Å². The van der Waals surface area contributed by atoms with Gasteiger partial charge < -0.3 is 9.80 Å². The van der Waals surface area contributed by atoms with Gasteiger partial charge in [-0.1, -0.05) is 38.4 Å². The van der Waals surface area contributed by atoms with Crippen molar-refractivity contribution in [2.75, 3.05) is 13.6 Å². The van der Waals surface area contributed by atoms with Gasteiger partial charge in [0.1, 0.15) is 23.6 Å². The summed E-state index contributed by atoms with van der Waals surface area (Å²) < 4.78 is 13.4. The summed E-state index contributed by atoms with van der Waals surface area (Å²) in [6.45, 7) is 6.07. The number of likely N-dealkylation sites (tertiary alicyclic amines) is 1. The van der Waals surface area contributed by atoms with Crippen molar-refractivity contribution in [2.45, 2.75) is 39.9 Å². The molecule has 0 radical (unpaired) electrons. The Labute approximate surface area is 184 Å². The number of benzene rings is 1. The van der Waals surface area contributed by atoms with Crippen LogP contribution >= 0.6 is 11.6 Å². The lowest BCUT2D eigenvalue weighted by Gasteiger charge is -2.41. The number of rotatable bonds is 2. The summed E-state index contributed by atoms with van der Waals surface area (Å²) in [6, 6.07) is 4.16. The highest BCUT2D eigenvalue weighted by Gasteiger charge is 2.57. The minimum Gasteiger partial charge on any atom is -0.337 e. The van der Waals surface area contributed by atoms with Crippen LogP contribution in [0.3, 0.4) is 0 Å². The Hall–Kier alpha value is -2.74. The fourth-order valence-electron chi connectivity index (χ4n) is 4.77. The van der Waals surface area contributed by atoms with Gasteiger partial charge in [-0.05, 0) is 29.7 Å². The Morgan fingerprint density at radius 1 is 1.13 bits per heavy atom. The highest BCUT2D eigenvalue weighted by molar-refractivity contribution is 6.43. The standard InChI is InChI=1S/C22H23ClFN3O4/c1-22(2,3)21-25(4)19(30)16-12-7-8-26(10-11-5-6-14(24)13(23)9-11)18(29)15(12)17(28)20(31)27(16)21/h5-6,9,15,21H,7-8,10H2,1-4H3. The van der Waals surface area contributed by atoms with Gasteiger partial charge in [-0.15, -0.1) is 0 Å². The summed E-state index contributed by atoms with van der Waals surface area (Å²) in [5.74, 6) is -4.38. The van der Waals surface area contributed by atoms with E-state index in [1.54, 1.807) is 7.05 Å². The second kappa shape index (κ2) is 7.15. The van der Waals surface area contributed by atoms with Gasteiger partial charge in [0.2, 0.25) is 11.7 Å². The Balaban J connectivity index is 1.71. The van der Waals surface area contributed by atoms with E-state index in [-0.39, 0.29) is 29.7 Å². The molecule has 2 atom stereocenters. The maximum atomic E-state index is 13.4. The largest absolute Gasteiger partial charge is 0.337 e. The van der Waals surface area contributed by atoms with Crippen LogP contribution < -0.4 is 0 Å². The van der Waals surface area contributed by atoms with Crippen molar-refractivity contribution in [3.63, 3.8) is 0 Å². The smallest absolute Gasteiger partial charge is 0.297 e. The molecule has 0 N–H and O–H groups in total. The lowest BCUT2D eigenvalue weighted by atomic mass is 9.81. The topological polar surface area (TPSA) is 78.0 Å². The van der Waals surface area contributed by atoms with Gasteiger partial charge in [0, 0.05) is 25.6 Å². The van der Waals surface area contributed by atoms with E-state index in [9.17, 15) is 23.6 Å². The molecule has 3 aliphatic heterocycles. The van der Waals surface area contributed by atoms with Crippen LogP contribution in [0.1, 0.15) is 32.8 Å². The zero-order valence-electron chi connectivity index (χ0n) is 17.7. The van der Waals surface area contributed by atoms with Gasteiger partial charge in [-0.2, -0.15) is 0 Å². The molecule has 2 saturated heterocycles. The van der Waals surface area contributed by atoms with E-state index in [1.165, 1.54) is 32.9 Å². The summed E-state index contributed by atoms with van der Waals surface area (Å²) in [6.07, 6.45) is -0.304. The predicted molar refractivity (Wildman–Crippen MR) is 110 cm³/mol. The maximum Gasteiger partial charge on any atom is 0.297 e. The summed E-state index contributed by atoms with van der Waals surface area (Å²) in [4.78, 5) is 56.5. The minimum atomic E-state index is -1.29. The van der Waals surface area contributed by atoms with Crippen LogP contribution in [0.2, 0.25) is 5.02 Å². The minimum absolute atomic E-state index is 0.0582. The Morgan fingerprint density at radius 3 is 2.42 bits per heavy atom. The third-order valence-corrected chi connectivity index (χ3v) is 6.35. The van der Waals surface area contributed by atoms with Crippen molar-refractivity contribution < 1.29 is 23.6 Å². The van der Waals surface area contributed by atoms with Crippen LogP contribution in [-0.2, 0) is 25.7 Å². The van der Waals surface area contributed by atoms with Crippen molar-refractivity contribution in [2.24, 2.45) is 11.3 Å². The number of fused-ring (bicyclic) bond motifs is 2. The zero-order valence-corrected chi connectivity index (χ0v) is 18.5. The first kappa shape index (κ1) is 21.5. The van der Waals surface area contributed by atoms with Crippen LogP contribution in [-0.4, -0.2) is 58.0 Å². The average Bonchev–Trinajstić information content (AvgIpc) is 2.96. The molecule has 3 heterocycles. The fourth-order valence-corrected chi connectivity index (χ4v) is 4.98. The molecule has 31 heavy (non-hydrogen) atoms. The molecule has 3 aliphatic rings. The number of carbonyl (C=O) groups excluding carboxylic acids is 4. The van der Waals surface area contributed by atoms with Gasteiger partial charge in [0.25, 0.3) is 11.8 Å². The average molecular weight is 448 g/mol. The first-order valence-electron chi connectivity index (χ1n) is 10.0. The molecule has 0 saturated carbocycles. The molecule has 1 aromatic carbocycles. The number of amides is 3. The van der Waals surface area contributed by atoms with E-state index in [0.717, 1.165) is 0 Å². The Bertz CT molecular complexity index is 1060. The van der Waals surface area contributed by atoms with Crippen LogP contribution in [0.25, 0.3) is 0 Å². The second-order valence-electron chi connectivity index (χ2n) is 9.26. The molecule has 0 aliphatic carbocycles. The Kier molecular flexibility index (Phi) is 4.96. The van der Waals surface area contributed by atoms with Crippen LogP contribution in [0.4, 0.5) is 4.39 Å². The molecule has 4 rings (SSSR count). The molecule has 2 fully saturated rings. The van der Waals surface area contributed by atoms with Crippen molar-refractivity contribution in [1.29, 1.82) is 0 Å². The third kappa shape index (κ3) is 3.24. The van der Waals surface area contributed by atoms with E-state index in [1.807, 2.05) is 20.8 Å². The quantitative estimate of drug-likeness (QED) is 0.515. The lowest BCUT2D eigenvalue weighted by molar-refractivity contribution is -0.155. The molecule has 9 heteroatoms. The van der Waals surface area contributed by atoms with Crippen LogP contribution in [0.5, 0.6) is 0 Å². The molecule has 0 bridgehead atoms. The number of hydrogen-bond donors (Lipinski definition) is 0. The van der Waals surface area contributed by atoms with Crippen LogP contribution in [0.15, 0.2) is 29.5 Å². The molecule has 1 aromatic rings. The van der Waals surface area contributed by atoms with Gasteiger partial charge in [0.15, 0.2) is 0 Å². The first-order valence-corrected chi connectivity index (χ1v) is 10.4. The van der Waals surface area contributed by atoms with E-state index in [2.05, 4.69) is 0 Å². The Morgan fingerprint density at radius 2 is 1.81 bits per heavy atom. The van der Waals surface area contributed by atoms with E-state index in [0.29, 0.717) is 17.6 Å². The van der Waals surface area contributed by atoms with E-state index in [4.69, 9.17) is 11.6 Å². The SMILES string of the molecule is CN1C(=O)C2=C3CCN(Cc4ccc(F)c(Cl)c4)C(=O)C3C(=O)C(=O)N2C1C(C)(C)C. The number of hydrogen-bond acceptors (Lipinski definition) is 4. The maximum absolute atomic E-state index is 13.4. The number of piperidine rings is 1. The van der Waals surface area contributed by atoms with Crippen LogP contribution in [0, 0.1) is 17.2 Å². The molecular weight excluding hydrogens is 425 g/mol. The highest BCUT2D eigenvalue weighted by Crippen LogP contribution is 2.43. The van der Waals surface area contributed by atoms with Gasteiger partial charge >= 0.3 is 0 Å². The summed E-state index contributed by atoms with van der Waals surface area (Å²) >= 11 is 5.83. The molecule has 0 spiro atoms. The summed E-state index contributed by atoms with van der Waals surface area (Å²) in [5.41, 5.74) is 0.695. The first-order chi connectivity index (χ1) is 14.4. The summed E-state index contributed by atoms with van der Waals surface area (Å²) in [5, 5.41) is -0.0582. The number of nitrogens with zero attached hydrogens (tertiary/aromatic N) is 3. The fraction of sp³-hybridized carbons (Fsp3) is 0.455. The molecule has 2 unspecified atom stereocenters. The number of Topliss-reactive ketones (excluding diaryl/α,β-unsaturated/α-hetero) is 1. The number of halogens is 2. The highest BCUT2D eigenvalue weighted by atomic mass is 35.5. The molecular formula is C22H23ClFN3O4. The normalized spacial score (nSPS) is 24.3. The van der Waals surface area contributed by atoms with Crippen molar-refractivity contribution in [1.82, 2.24) is 14.7 Å². The van der Waals surface area contributed by atoms with Crippen molar-refractivity contribution in [3.8, 4) is 0 Å². The molecule has 0 aromatic heterocycles. The summed E-state index contributed by atoms with van der Waals surface area (Å²) in [7, 11) is 1.60. The lowest BCUT2D eigenvalue weighted by Crippen LogP contribution is -2.57. The van der Waals surface area contributed by atoms with E-state index >= 15 is 0 Å². The van der Waals surface area contributed by atoms with E-state index < -0.39 is 40.9 Å². The number of ketones is 1. The second-order valence-corrected chi connectivity index (χ2v) is 9.67. The van der Waals surface area contributed by atoms with Gasteiger partial charge in [0.05, 0.1) is 5.02 Å². The van der Waals surface area contributed by atoms with Gasteiger partial charge in [-0.25, -0.2) is 4.39 Å². The number of carbonyl (C=O) groups is 4. The van der Waals surface area contributed by atoms with Gasteiger partial charge in [-0.3, -0.25) is 24.1 Å². The predicted octanol–water partition coefficient (Wildman–Crippen LogP) is 2.34. The zero-order chi connectivity index (χ0) is 22.8. The third-order valence-electron chi connectivity index (χ3n) is 6.06. The van der Waals surface area contributed by atoms with Crippen molar-refractivity contribution >= 4 is 35.1 Å². The molecule has 164 valence electrons. The molecule has 7 nitrogen and oxygen atoms in total. The molecule has 3 amide bonds. The monoisotopic (exact) mass is 447 g/mol. The number of likely N-dealkylation sites (N-methyl/N-ethyl adjacent to an activating group) is 1.